The summed E-state index contributed by atoms with van der Waals surface area (Å²) in [5.41, 5.74) is 7.83. The maximum Gasteiger partial charge on any atom is 0.251 e. The van der Waals surface area contributed by atoms with Crippen molar-refractivity contribution < 1.29 is 0 Å². The molecule has 100 valence electrons. The van der Waals surface area contributed by atoms with Gasteiger partial charge >= 0.3 is 0 Å². The second kappa shape index (κ2) is 5.80. The number of hydrogen-bond acceptors (Lipinski definition) is 3. The predicted molar refractivity (Wildman–Crippen MR) is 76.0 cm³/mol. The van der Waals surface area contributed by atoms with Gasteiger partial charge in [0.1, 0.15) is 5.82 Å². The highest BCUT2D eigenvalue weighted by Crippen LogP contribution is 2.15. The molecule has 0 unspecified atom stereocenters. The molecule has 2 rings (SSSR count). The molecular formula is C15H19N3O. The molecule has 19 heavy (non-hydrogen) atoms. The van der Waals surface area contributed by atoms with Crippen LogP contribution in [0, 0.1) is 0 Å². The van der Waals surface area contributed by atoms with Crippen molar-refractivity contribution in [1.82, 2.24) is 9.97 Å². The van der Waals surface area contributed by atoms with Crippen molar-refractivity contribution >= 4 is 0 Å². The molecule has 0 aliphatic heterocycles. The summed E-state index contributed by atoms with van der Waals surface area (Å²) in [7, 11) is 0. The van der Waals surface area contributed by atoms with Crippen LogP contribution in [0.15, 0.2) is 41.2 Å². The van der Waals surface area contributed by atoms with Crippen molar-refractivity contribution in [2.75, 3.05) is 0 Å². The standard InChI is InChI=1S/C15H19N3O/c1-10(2)15-17-12(9-14(19)18-15)8-13(16)11-6-4-3-5-7-11/h3-7,9-10,13H,8,16H2,1-2H3,(H,17,18,19)/t13-/m1/s1. The zero-order chi connectivity index (χ0) is 13.8. The molecule has 0 aliphatic carbocycles. The van der Waals surface area contributed by atoms with E-state index in [0.29, 0.717) is 12.2 Å². The van der Waals surface area contributed by atoms with Gasteiger partial charge in [-0.25, -0.2) is 4.98 Å². The highest BCUT2D eigenvalue weighted by molar-refractivity contribution is 5.20. The Kier molecular flexibility index (Phi) is 4.12. The van der Waals surface area contributed by atoms with E-state index in [4.69, 9.17) is 5.73 Å². The summed E-state index contributed by atoms with van der Waals surface area (Å²) in [5, 5.41) is 0. The lowest BCUT2D eigenvalue weighted by Gasteiger charge is -2.12. The van der Waals surface area contributed by atoms with Crippen LogP contribution in [0.2, 0.25) is 0 Å². The molecule has 2 aromatic rings. The van der Waals surface area contributed by atoms with E-state index in [1.54, 1.807) is 0 Å². The van der Waals surface area contributed by atoms with Crippen LogP contribution < -0.4 is 11.3 Å². The number of H-pyrrole nitrogens is 1. The zero-order valence-electron chi connectivity index (χ0n) is 11.3. The summed E-state index contributed by atoms with van der Waals surface area (Å²) < 4.78 is 0. The average molecular weight is 257 g/mol. The summed E-state index contributed by atoms with van der Waals surface area (Å²) in [6.45, 7) is 4.00. The van der Waals surface area contributed by atoms with Crippen LogP contribution in [0.1, 0.15) is 42.9 Å². The molecule has 0 saturated carbocycles. The number of nitrogens with zero attached hydrogens (tertiary/aromatic N) is 1. The number of aromatic amines is 1. The fourth-order valence-corrected chi connectivity index (χ4v) is 1.95. The fourth-order valence-electron chi connectivity index (χ4n) is 1.95. The van der Waals surface area contributed by atoms with Crippen molar-refractivity contribution in [3.05, 3.63) is 63.8 Å². The second-order valence-electron chi connectivity index (χ2n) is 5.00. The van der Waals surface area contributed by atoms with Gasteiger partial charge in [0.15, 0.2) is 0 Å². The van der Waals surface area contributed by atoms with Gasteiger partial charge in [-0.15, -0.1) is 0 Å². The third-order valence-electron chi connectivity index (χ3n) is 3.02. The number of hydrogen-bond donors (Lipinski definition) is 2. The minimum atomic E-state index is -0.143. The van der Waals surface area contributed by atoms with Gasteiger partial charge in [0.25, 0.3) is 5.56 Å². The van der Waals surface area contributed by atoms with Gasteiger partial charge in [-0.05, 0) is 5.56 Å². The molecule has 0 bridgehead atoms. The Morgan fingerprint density at radius 1 is 1.26 bits per heavy atom. The van der Waals surface area contributed by atoms with E-state index in [1.165, 1.54) is 6.07 Å². The molecule has 1 heterocycles. The van der Waals surface area contributed by atoms with Crippen LogP contribution in [0.3, 0.4) is 0 Å². The summed E-state index contributed by atoms with van der Waals surface area (Å²) in [6, 6.07) is 11.2. The van der Waals surface area contributed by atoms with E-state index in [0.717, 1.165) is 11.3 Å². The molecule has 1 aromatic carbocycles. The second-order valence-corrected chi connectivity index (χ2v) is 5.00. The Hall–Kier alpha value is -1.94. The molecule has 0 spiro atoms. The lowest BCUT2D eigenvalue weighted by atomic mass is 10.0. The quantitative estimate of drug-likeness (QED) is 0.881. The molecule has 0 radical (unpaired) electrons. The normalized spacial score (nSPS) is 12.6. The third-order valence-corrected chi connectivity index (χ3v) is 3.02. The number of nitrogens with one attached hydrogen (secondary N) is 1. The van der Waals surface area contributed by atoms with Gasteiger partial charge in [-0.3, -0.25) is 4.79 Å². The molecule has 0 amide bonds. The number of rotatable bonds is 4. The zero-order valence-corrected chi connectivity index (χ0v) is 11.3. The average Bonchev–Trinajstić information content (AvgIpc) is 2.39. The van der Waals surface area contributed by atoms with Crippen molar-refractivity contribution in [2.45, 2.75) is 32.2 Å². The van der Waals surface area contributed by atoms with Crippen LogP contribution in [0.25, 0.3) is 0 Å². The van der Waals surface area contributed by atoms with Crippen LogP contribution in [0.5, 0.6) is 0 Å². The first-order valence-corrected chi connectivity index (χ1v) is 6.47. The molecule has 0 saturated heterocycles. The highest BCUT2D eigenvalue weighted by atomic mass is 16.1. The van der Waals surface area contributed by atoms with Gasteiger partial charge in [-0.2, -0.15) is 0 Å². The first-order chi connectivity index (χ1) is 9.06. The maximum atomic E-state index is 11.6. The maximum absolute atomic E-state index is 11.6. The van der Waals surface area contributed by atoms with E-state index in [1.807, 2.05) is 44.2 Å². The minimum Gasteiger partial charge on any atom is -0.324 e. The Morgan fingerprint density at radius 2 is 1.95 bits per heavy atom. The van der Waals surface area contributed by atoms with Gasteiger partial charge in [0, 0.05) is 30.1 Å². The molecule has 1 aromatic heterocycles. The summed E-state index contributed by atoms with van der Waals surface area (Å²) in [4.78, 5) is 18.8. The number of benzene rings is 1. The number of nitrogens with two attached hydrogens (primary N) is 1. The molecular weight excluding hydrogens is 238 g/mol. The Bertz CT molecular complexity index is 590. The monoisotopic (exact) mass is 257 g/mol. The molecule has 0 fully saturated rings. The van der Waals surface area contributed by atoms with Crippen LogP contribution in [-0.2, 0) is 6.42 Å². The minimum absolute atomic E-state index is 0.117. The highest BCUT2D eigenvalue weighted by Gasteiger charge is 2.10. The number of aromatic nitrogens is 2. The van der Waals surface area contributed by atoms with E-state index in [-0.39, 0.29) is 17.5 Å². The molecule has 1 atom stereocenters. The lowest BCUT2D eigenvalue weighted by Crippen LogP contribution is -2.18. The van der Waals surface area contributed by atoms with Gasteiger partial charge in [-0.1, -0.05) is 44.2 Å². The van der Waals surface area contributed by atoms with Gasteiger partial charge < -0.3 is 10.7 Å². The topological polar surface area (TPSA) is 71.8 Å². The van der Waals surface area contributed by atoms with Crippen LogP contribution >= 0.6 is 0 Å². The van der Waals surface area contributed by atoms with E-state index < -0.39 is 0 Å². The molecule has 4 nitrogen and oxygen atoms in total. The Labute approximate surface area is 112 Å². The van der Waals surface area contributed by atoms with Crippen LogP contribution in [0.4, 0.5) is 0 Å². The first kappa shape index (κ1) is 13.5. The first-order valence-electron chi connectivity index (χ1n) is 6.47. The summed E-state index contributed by atoms with van der Waals surface area (Å²) >= 11 is 0. The van der Waals surface area contributed by atoms with Crippen LogP contribution in [-0.4, -0.2) is 9.97 Å². The predicted octanol–water partition coefficient (Wildman–Crippen LogP) is 2.14. The van der Waals surface area contributed by atoms with Crippen molar-refractivity contribution in [3.8, 4) is 0 Å². The smallest absolute Gasteiger partial charge is 0.251 e. The largest absolute Gasteiger partial charge is 0.324 e. The molecule has 3 N–H and O–H groups in total. The molecule has 0 aliphatic rings. The van der Waals surface area contributed by atoms with E-state index in [9.17, 15) is 4.79 Å². The lowest BCUT2D eigenvalue weighted by molar-refractivity contribution is 0.681. The third kappa shape index (κ3) is 3.51. The SMILES string of the molecule is CC(C)c1nc(C[C@@H](N)c2ccccc2)cc(=O)[nH]1. The summed E-state index contributed by atoms with van der Waals surface area (Å²) in [6.07, 6.45) is 0.563. The van der Waals surface area contributed by atoms with Gasteiger partial charge in [0.05, 0.1) is 0 Å². The van der Waals surface area contributed by atoms with E-state index in [2.05, 4.69) is 9.97 Å². The van der Waals surface area contributed by atoms with Gasteiger partial charge in [0.2, 0.25) is 0 Å². The van der Waals surface area contributed by atoms with Crippen molar-refractivity contribution in [3.63, 3.8) is 0 Å². The Balaban J connectivity index is 2.22. The Morgan fingerprint density at radius 3 is 2.58 bits per heavy atom. The van der Waals surface area contributed by atoms with Crippen molar-refractivity contribution in [1.29, 1.82) is 0 Å². The van der Waals surface area contributed by atoms with E-state index >= 15 is 0 Å². The molecule has 4 heteroatoms. The fraction of sp³-hybridized carbons (Fsp3) is 0.333. The van der Waals surface area contributed by atoms with Crippen molar-refractivity contribution in [2.24, 2.45) is 5.73 Å². The summed E-state index contributed by atoms with van der Waals surface area (Å²) in [5.74, 6) is 0.906.